The van der Waals surface area contributed by atoms with Crippen molar-refractivity contribution in [3.8, 4) is 0 Å². The number of aliphatic hydroxyl groups excluding tert-OH is 1. The molecule has 0 saturated carbocycles. The highest BCUT2D eigenvalue weighted by Gasteiger charge is 2.41. The molecule has 0 unspecified atom stereocenters. The van der Waals surface area contributed by atoms with Crippen LogP contribution in [0.1, 0.15) is 37.5 Å². The molecule has 3 fully saturated rings. The zero-order valence-corrected chi connectivity index (χ0v) is 15.4. The number of nitrogens with zero attached hydrogens (tertiary/aromatic N) is 6. The first-order chi connectivity index (χ1) is 12.9. The van der Waals surface area contributed by atoms with E-state index in [9.17, 15) is 5.11 Å². The molecule has 0 bridgehead atoms. The van der Waals surface area contributed by atoms with Gasteiger partial charge in [-0.1, -0.05) is 0 Å². The average molecular weight is 366 g/mol. The van der Waals surface area contributed by atoms with Gasteiger partial charge < -0.3 is 14.6 Å². The molecule has 3 saturated heterocycles. The van der Waals surface area contributed by atoms with Gasteiger partial charge in [-0.05, 0) is 36.1 Å². The molecule has 9 nitrogen and oxygen atoms in total. The predicted molar refractivity (Wildman–Crippen MR) is 93.6 cm³/mol. The van der Waals surface area contributed by atoms with Gasteiger partial charge in [0.15, 0.2) is 5.82 Å². The normalized spacial score (nSPS) is 29.4. The Morgan fingerprint density at radius 3 is 2.50 bits per heavy atom. The van der Waals surface area contributed by atoms with Gasteiger partial charge >= 0.3 is 0 Å². The van der Waals surface area contributed by atoms with Crippen LogP contribution < -0.4 is 0 Å². The first-order valence-electron chi connectivity index (χ1n) is 9.89. The Bertz CT molecular complexity index is 558. The molecule has 4 rings (SSSR count). The van der Waals surface area contributed by atoms with E-state index in [-0.39, 0.29) is 18.7 Å². The van der Waals surface area contributed by atoms with Crippen molar-refractivity contribution < 1.29 is 14.6 Å². The fourth-order valence-corrected chi connectivity index (χ4v) is 4.56. The second-order valence-electron chi connectivity index (χ2n) is 7.43. The number of morpholine rings is 1. The monoisotopic (exact) mass is 366 g/mol. The summed E-state index contributed by atoms with van der Waals surface area (Å²) in [5.74, 6) is 0.945. The minimum absolute atomic E-state index is 0.190. The molecule has 0 aliphatic carbocycles. The average Bonchev–Trinajstić information content (AvgIpc) is 3.34. The Balaban J connectivity index is 1.46. The highest BCUT2D eigenvalue weighted by molar-refractivity contribution is 5.02. The summed E-state index contributed by atoms with van der Waals surface area (Å²) in [5, 5.41) is 22.5. The number of ether oxygens (including phenoxy) is 2. The van der Waals surface area contributed by atoms with Gasteiger partial charge in [-0.2, -0.15) is 0 Å². The number of rotatable bonds is 6. The fourth-order valence-electron chi connectivity index (χ4n) is 4.56. The van der Waals surface area contributed by atoms with Crippen LogP contribution in [-0.2, 0) is 16.0 Å². The van der Waals surface area contributed by atoms with Crippen LogP contribution in [0.5, 0.6) is 0 Å². The molecule has 26 heavy (non-hydrogen) atoms. The molecule has 0 radical (unpaired) electrons. The molecular formula is C17H30N6O3. The lowest BCUT2D eigenvalue weighted by molar-refractivity contribution is 0.000392. The van der Waals surface area contributed by atoms with E-state index in [0.717, 1.165) is 84.1 Å². The summed E-state index contributed by atoms with van der Waals surface area (Å²) in [4.78, 5) is 4.87. The maximum absolute atomic E-state index is 9.88. The number of hydrogen-bond donors (Lipinski definition) is 1. The highest BCUT2D eigenvalue weighted by atomic mass is 16.5. The van der Waals surface area contributed by atoms with Crippen LogP contribution in [0.3, 0.4) is 0 Å². The third-order valence-corrected chi connectivity index (χ3v) is 5.97. The molecular weight excluding hydrogens is 336 g/mol. The number of aromatic nitrogens is 4. The van der Waals surface area contributed by atoms with E-state index in [1.54, 1.807) is 0 Å². The molecule has 0 spiro atoms. The Morgan fingerprint density at radius 2 is 1.73 bits per heavy atom. The van der Waals surface area contributed by atoms with Crippen molar-refractivity contribution in [2.75, 3.05) is 52.7 Å². The Morgan fingerprint density at radius 1 is 0.962 bits per heavy atom. The minimum atomic E-state index is 0.190. The van der Waals surface area contributed by atoms with Crippen LogP contribution >= 0.6 is 0 Å². The van der Waals surface area contributed by atoms with Crippen molar-refractivity contribution >= 4 is 0 Å². The number of likely N-dealkylation sites (tertiary alicyclic amines) is 1. The first-order valence-corrected chi connectivity index (χ1v) is 9.89. The van der Waals surface area contributed by atoms with E-state index in [1.165, 1.54) is 0 Å². The van der Waals surface area contributed by atoms with E-state index < -0.39 is 0 Å². The molecule has 1 aromatic heterocycles. The highest BCUT2D eigenvalue weighted by Crippen LogP contribution is 2.38. The first kappa shape index (κ1) is 18.2. The van der Waals surface area contributed by atoms with Gasteiger partial charge in [0.2, 0.25) is 0 Å². The molecule has 9 heteroatoms. The van der Waals surface area contributed by atoms with Crippen LogP contribution in [0.4, 0.5) is 0 Å². The second-order valence-corrected chi connectivity index (χ2v) is 7.43. The van der Waals surface area contributed by atoms with Gasteiger partial charge in [0, 0.05) is 44.9 Å². The van der Waals surface area contributed by atoms with Gasteiger partial charge in [-0.15, -0.1) is 5.10 Å². The second kappa shape index (κ2) is 8.71. The third-order valence-electron chi connectivity index (χ3n) is 5.97. The standard InChI is InChI=1S/C17H30N6O3/c24-13-15-1-2-16(23(15)14-3-9-25-10-4-14)17-18-19-20-22(17)6-5-21-7-11-26-12-8-21/h14-16,24H,1-13H2/t15-,16+/m0/s1. The van der Waals surface area contributed by atoms with E-state index in [0.29, 0.717) is 6.04 Å². The smallest absolute Gasteiger partial charge is 0.168 e. The van der Waals surface area contributed by atoms with E-state index >= 15 is 0 Å². The third kappa shape index (κ3) is 3.91. The van der Waals surface area contributed by atoms with Crippen molar-refractivity contribution in [3.05, 3.63) is 5.82 Å². The SMILES string of the molecule is OC[C@@H]1CC[C@H](c2nnnn2CCN2CCOCC2)N1C1CCOCC1. The van der Waals surface area contributed by atoms with Gasteiger partial charge in [0.05, 0.1) is 32.4 Å². The van der Waals surface area contributed by atoms with Gasteiger partial charge in [-0.25, -0.2) is 4.68 Å². The van der Waals surface area contributed by atoms with E-state index in [1.807, 2.05) is 4.68 Å². The largest absolute Gasteiger partial charge is 0.395 e. The lowest BCUT2D eigenvalue weighted by Crippen LogP contribution is -2.45. The Hall–Kier alpha value is -1.13. The zero-order chi connectivity index (χ0) is 17.8. The Kier molecular flexibility index (Phi) is 6.11. The lowest BCUT2D eigenvalue weighted by atomic mass is 10.0. The lowest BCUT2D eigenvalue weighted by Gasteiger charge is -2.38. The molecule has 0 amide bonds. The maximum Gasteiger partial charge on any atom is 0.168 e. The summed E-state index contributed by atoms with van der Waals surface area (Å²) in [5.41, 5.74) is 0. The fraction of sp³-hybridized carbons (Fsp3) is 0.941. The van der Waals surface area contributed by atoms with E-state index in [4.69, 9.17) is 9.47 Å². The van der Waals surface area contributed by atoms with Gasteiger partial charge in [-0.3, -0.25) is 9.80 Å². The molecule has 0 aromatic carbocycles. The van der Waals surface area contributed by atoms with E-state index in [2.05, 4.69) is 25.3 Å². The maximum atomic E-state index is 9.88. The quantitative estimate of drug-likeness (QED) is 0.733. The Labute approximate surface area is 154 Å². The minimum Gasteiger partial charge on any atom is -0.395 e. The van der Waals surface area contributed by atoms with Gasteiger partial charge in [0.25, 0.3) is 0 Å². The van der Waals surface area contributed by atoms with Crippen LogP contribution in [0.15, 0.2) is 0 Å². The van der Waals surface area contributed by atoms with Gasteiger partial charge in [0.1, 0.15) is 0 Å². The summed E-state index contributed by atoms with van der Waals surface area (Å²) in [6.45, 7) is 7.09. The summed E-state index contributed by atoms with van der Waals surface area (Å²) >= 11 is 0. The molecule has 4 heterocycles. The van der Waals surface area contributed by atoms with Crippen LogP contribution in [0.25, 0.3) is 0 Å². The number of hydrogen-bond acceptors (Lipinski definition) is 8. The van der Waals surface area contributed by atoms with Crippen molar-refractivity contribution in [2.24, 2.45) is 0 Å². The van der Waals surface area contributed by atoms with Crippen LogP contribution in [0.2, 0.25) is 0 Å². The van der Waals surface area contributed by atoms with Crippen LogP contribution in [0, 0.1) is 0 Å². The molecule has 1 aromatic rings. The summed E-state index contributed by atoms with van der Waals surface area (Å²) in [6.07, 6.45) is 4.03. The topological polar surface area (TPSA) is 88.8 Å². The molecule has 2 atom stereocenters. The van der Waals surface area contributed by atoms with Crippen molar-refractivity contribution in [1.82, 2.24) is 30.0 Å². The van der Waals surface area contributed by atoms with Crippen molar-refractivity contribution in [3.63, 3.8) is 0 Å². The molecule has 3 aliphatic heterocycles. The summed E-state index contributed by atoms with van der Waals surface area (Å²) in [7, 11) is 0. The van der Waals surface area contributed by atoms with Crippen LogP contribution in [-0.4, -0.2) is 99.9 Å². The van der Waals surface area contributed by atoms with Crippen molar-refractivity contribution in [1.29, 1.82) is 0 Å². The number of aliphatic hydroxyl groups is 1. The predicted octanol–water partition coefficient (Wildman–Crippen LogP) is -0.318. The van der Waals surface area contributed by atoms with Crippen molar-refractivity contribution in [2.45, 2.75) is 50.4 Å². The number of tetrazole rings is 1. The summed E-state index contributed by atoms with van der Waals surface area (Å²) < 4.78 is 12.9. The zero-order valence-electron chi connectivity index (χ0n) is 15.4. The molecule has 146 valence electrons. The summed E-state index contributed by atoms with van der Waals surface area (Å²) in [6, 6.07) is 0.834. The molecule has 3 aliphatic rings. The molecule has 1 N–H and O–H groups in total.